The van der Waals surface area contributed by atoms with Gasteiger partial charge in [-0.05, 0) is 44.4 Å². The molecule has 1 aliphatic carbocycles. The molecule has 3 heterocycles. The lowest BCUT2D eigenvalue weighted by atomic mass is 10.1. The molecule has 0 saturated heterocycles. The summed E-state index contributed by atoms with van der Waals surface area (Å²) < 4.78 is 3.66. The van der Waals surface area contributed by atoms with Crippen LogP contribution in [-0.4, -0.2) is 30.5 Å². The molecular weight excluding hydrogens is 388 g/mol. The van der Waals surface area contributed by atoms with Crippen LogP contribution in [0.1, 0.15) is 64.7 Å². The van der Waals surface area contributed by atoms with Gasteiger partial charge in [0.2, 0.25) is 0 Å². The van der Waals surface area contributed by atoms with Crippen molar-refractivity contribution in [1.29, 1.82) is 0 Å². The van der Waals surface area contributed by atoms with E-state index in [0.29, 0.717) is 18.0 Å². The van der Waals surface area contributed by atoms with Crippen molar-refractivity contribution in [3.05, 3.63) is 76.9 Å². The van der Waals surface area contributed by atoms with Gasteiger partial charge in [-0.15, -0.1) is 0 Å². The van der Waals surface area contributed by atoms with Crippen LogP contribution in [0.3, 0.4) is 0 Å². The molecule has 0 spiro atoms. The smallest absolute Gasteiger partial charge is 0.252 e. The summed E-state index contributed by atoms with van der Waals surface area (Å²) >= 11 is 0. The minimum Gasteiger partial charge on any atom is -0.344 e. The molecule has 1 unspecified atom stereocenters. The number of nitrogens with one attached hydrogen (secondary N) is 1. The number of pyridine rings is 1. The van der Waals surface area contributed by atoms with Crippen LogP contribution in [0, 0.1) is 6.92 Å². The summed E-state index contributed by atoms with van der Waals surface area (Å²) in [7, 11) is 1.87. The fraction of sp³-hybridized carbons (Fsp3) is 0.333. The van der Waals surface area contributed by atoms with Gasteiger partial charge in [0.05, 0.1) is 34.9 Å². The highest BCUT2D eigenvalue weighted by molar-refractivity contribution is 6.06. The molecule has 1 aliphatic rings. The number of hydrogen-bond acceptors (Lipinski definition) is 4. The Kier molecular flexibility index (Phi) is 4.81. The maximum atomic E-state index is 13.4. The highest BCUT2D eigenvalue weighted by atomic mass is 16.1. The highest BCUT2D eigenvalue weighted by Crippen LogP contribution is 2.40. The number of fused-ring (bicyclic) bond motifs is 1. The molecule has 3 aromatic heterocycles. The van der Waals surface area contributed by atoms with Crippen molar-refractivity contribution in [3.8, 4) is 0 Å². The second-order valence-corrected chi connectivity index (χ2v) is 8.41. The quantitative estimate of drug-likeness (QED) is 0.519. The average molecular weight is 415 g/mol. The number of rotatable bonds is 6. The van der Waals surface area contributed by atoms with Crippen LogP contribution in [0.2, 0.25) is 0 Å². The second-order valence-electron chi connectivity index (χ2n) is 8.41. The lowest BCUT2D eigenvalue weighted by Gasteiger charge is -2.13. The molecule has 7 heteroatoms. The van der Waals surface area contributed by atoms with Gasteiger partial charge in [0, 0.05) is 24.9 Å². The van der Waals surface area contributed by atoms with Crippen LogP contribution in [0.15, 0.2) is 48.7 Å². The fourth-order valence-corrected chi connectivity index (χ4v) is 4.02. The van der Waals surface area contributed by atoms with E-state index in [1.165, 1.54) is 0 Å². The van der Waals surface area contributed by atoms with Gasteiger partial charge in [-0.25, -0.2) is 9.67 Å². The number of carbonyl (C=O) groups is 1. The van der Waals surface area contributed by atoms with Gasteiger partial charge in [-0.1, -0.05) is 30.3 Å². The molecule has 1 N–H and O–H groups in total. The first-order valence-corrected chi connectivity index (χ1v) is 10.7. The predicted octanol–water partition coefficient (Wildman–Crippen LogP) is 3.89. The predicted molar refractivity (Wildman–Crippen MR) is 119 cm³/mol. The van der Waals surface area contributed by atoms with Crippen LogP contribution in [0.25, 0.3) is 11.0 Å². The first-order valence-electron chi connectivity index (χ1n) is 10.7. The van der Waals surface area contributed by atoms with Crippen molar-refractivity contribution in [2.75, 3.05) is 0 Å². The Hall–Kier alpha value is -3.48. The topological polar surface area (TPSA) is 77.6 Å². The van der Waals surface area contributed by atoms with E-state index in [1.54, 1.807) is 4.68 Å². The number of nitrogens with zero attached hydrogens (tertiary/aromatic N) is 5. The van der Waals surface area contributed by atoms with Crippen molar-refractivity contribution < 1.29 is 4.79 Å². The van der Waals surface area contributed by atoms with E-state index >= 15 is 0 Å². The van der Waals surface area contributed by atoms with Crippen LogP contribution < -0.4 is 5.32 Å². The van der Waals surface area contributed by atoms with Crippen molar-refractivity contribution >= 4 is 16.9 Å². The van der Waals surface area contributed by atoms with E-state index in [1.807, 2.05) is 62.1 Å². The van der Waals surface area contributed by atoms with Crippen molar-refractivity contribution in [3.63, 3.8) is 0 Å². The molecule has 1 aromatic carbocycles. The van der Waals surface area contributed by atoms with E-state index in [4.69, 9.17) is 10.1 Å². The van der Waals surface area contributed by atoms with E-state index in [-0.39, 0.29) is 11.9 Å². The number of amides is 1. The van der Waals surface area contributed by atoms with Gasteiger partial charge in [0.25, 0.3) is 5.91 Å². The largest absolute Gasteiger partial charge is 0.344 e. The van der Waals surface area contributed by atoms with Crippen LogP contribution >= 0.6 is 0 Å². The molecule has 1 fully saturated rings. The second kappa shape index (κ2) is 7.65. The summed E-state index contributed by atoms with van der Waals surface area (Å²) in [5, 5.41) is 13.1. The third-order valence-electron chi connectivity index (χ3n) is 5.84. The summed E-state index contributed by atoms with van der Waals surface area (Å²) in [5.41, 5.74) is 5.21. The SMILES string of the molecule is Cc1nn(Cc2ccccc2)c2nc(C3CC3)cc(C(=O)NC(C)c3ccn(C)n3)c12. The number of aromatic nitrogens is 5. The third-order valence-corrected chi connectivity index (χ3v) is 5.84. The van der Waals surface area contributed by atoms with Gasteiger partial charge >= 0.3 is 0 Å². The Morgan fingerprint density at radius 2 is 1.97 bits per heavy atom. The summed E-state index contributed by atoms with van der Waals surface area (Å²) in [4.78, 5) is 18.3. The highest BCUT2D eigenvalue weighted by Gasteiger charge is 2.29. The molecule has 1 saturated carbocycles. The van der Waals surface area contributed by atoms with E-state index in [9.17, 15) is 4.79 Å². The van der Waals surface area contributed by atoms with E-state index in [0.717, 1.165) is 46.5 Å². The standard InChI is InChI=1S/C24H26N6O/c1-15(20-11-12-29(3)28-20)25-24(31)19-13-21(18-9-10-18)26-23-22(19)16(2)27-30(23)14-17-7-5-4-6-8-17/h4-8,11-13,15,18H,9-10,14H2,1-3H3,(H,25,31). The van der Waals surface area contributed by atoms with Gasteiger partial charge in [-0.3, -0.25) is 9.48 Å². The van der Waals surface area contributed by atoms with Crippen LogP contribution in [0.4, 0.5) is 0 Å². The zero-order valence-corrected chi connectivity index (χ0v) is 18.0. The summed E-state index contributed by atoms with van der Waals surface area (Å²) in [6, 6.07) is 13.9. The average Bonchev–Trinajstić information content (AvgIpc) is 3.45. The van der Waals surface area contributed by atoms with Crippen LogP contribution in [0.5, 0.6) is 0 Å². The maximum absolute atomic E-state index is 13.4. The van der Waals surface area contributed by atoms with Crippen molar-refractivity contribution in [2.24, 2.45) is 7.05 Å². The Morgan fingerprint density at radius 1 is 1.19 bits per heavy atom. The molecule has 0 aliphatic heterocycles. The lowest BCUT2D eigenvalue weighted by Crippen LogP contribution is -2.27. The molecule has 7 nitrogen and oxygen atoms in total. The minimum absolute atomic E-state index is 0.116. The fourth-order valence-electron chi connectivity index (χ4n) is 4.02. The monoisotopic (exact) mass is 414 g/mol. The molecular formula is C24H26N6O. The Labute approximate surface area is 181 Å². The minimum atomic E-state index is -0.194. The molecule has 5 rings (SSSR count). The molecule has 0 radical (unpaired) electrons. The third kappa shape index (κ3) is 3.83. The Balaban J connectivity index is 1.54. The van der Waals surface area contributed by atoms with Crippen molar-refractivity contribution in [2.45, 2.75) is 45.2 Å². The summed E-state index contributed by atoms with van der Waals surface area (Å²) in [6.07, 6.45) is 4.12. The molecule has 158 valence electrons. The number of carbonyl (C=O) groups excluding carboxylic acids is 1. The van der Waals surface area contributed by atoms with Gasteiger partial charge < -0.3 is 5.32 Å². The summed E-state index contributed by atoms with van der Waals surface area (Å²) in [5.74, 6) is 0.319. The zero-order chi connectivity index (χ0) is 21.5. The zero-order valence-electron chi connectivity index (χ0n) is 18.0. The maximum Gasteiger partial charge on any atom is 0.252 e. The van der Waals surface area contributed by atoms with Gasteiger partial charge in [0.1, 0.15) is 0 Å². The van der Waals surface area contributed by atoms with E-state index in [2.05, 4.69) is 22.5 Å². The molecule has 31 heavy (non-hydrogen) atoms. The van der Waals surface area contributed by atoms with Gasteiger partial charge in [0.15, 0.2) is 5.65 Å². The Morgan fingerprint density at radius 3 is 2.65 bits per heavy atom. The first-order chi connectivity index (χ1) is 15.0. The van der Waals surface area contributed by atoms with Crippen molar-refractivity contribution in [1.82, 2.24) is 29.9 Å². The number of hydrogen-bond donors (Lipinski definition) is 1. The summed E-state index contributed by atoms with van der Waals surface area (Å²) in [6.45, 7) is 4.52. The first kappa shape index (κ1) is 19.5. The van der Waals surface area contributed by atoms with Crippen LogP contribution in [-0.2, 0) is 13.6 Å². The number of benzene rings is 1. The normalized spacial score (nSPS) is 14.7. The number of aryl methyl sites for hydroxylation is 2. The lowest BCUT2D eigenvalue weighted by molar-refractivity contribution is 0.0940. The molecule has 1 amide bonds. The molecule has 0 bridgehead atoms. The molecule has 4 aromatic rings. The molecule has 1 atom stereocenters. The van der Waals surface area contributed by atoms with Gasteiger partial charge in [-0.2, -0.15) is 10.2 Å². The van der Waals surface area contributed by atoms with E-state index < -0.39 is 0 Å². The Bertz CT molecular complexity index is 1250.